The lowest BCUT2D eigenvalue weighted by Gasteiger charge is -2.49. The van der Waals surface area contributed by atoms with Gasteiger partial charge in [-0.15, -0.1) is 0 Å². The molecule has 0 saturated carbocycles. The highest BCUT2D eigenvalue weighted by molar-refractivity contribution is 5.57. The van der Waals surface area contributed by atoms with Gasteiger partial charge in [-0.1, -0.05) is 48.5 Å². The second kappa shape index (κ2) is 5.22. The largest absolute Gasteiger partial charge is 0.364 e. The molecule has 1 unspecified atom stereocenters. The van der Waals surface area contributed by atoms with Gasteiger partial charge in [-0.25, -0.2) is 0 Å². The lowest BCUT2D eigenvalue weighted by atomic mass is 9.61. The lowest BCUT2D eigenvalue weighted by molar-refractivity contribution is -0.0462. The van der Waals surface area contributed by atoms with Gasteiger partial charge in [0, 0.05) is 12.0 Å². The van der Waals surface area contributed by atoms with Crippen LogP contribution in [0.3, 0.4) is 0 Å². The molecule has 2 bridgehead atoms. The highest BCUT2D eigenvalue weighted by Gasteiger charge is 2.49. The minimum absolute atomic E-state index is 0.257. The fourth-order valence-electron chi connectivity index (χ4n) is 4.16. The lowest BCUT2D eigenvalue weighted by Crippen LogP contribution is -2.44. The Morgan fingerprint density at radius 1 is 1.09 bits per heavy atom. The van der Waals surface area contributed by atoms with Crippen LogP contribution in [0.25, 0.3) is 0 Å². The van der Waals surface area contributed by atoms with E-state index in [1.54, 1.807) is 0 Å². The molecular formula is C20H23NO. The average molecular weight is 293 g/mol. The van der Waals surface area contributed by atoms with Crippen LogP contribution >= 0.6 is 0 Å². The number of ether oxygens (including phenoxy) is 1. The summed E-state index contributed by atoms with van der Waals surface area (Å²) in [7, 11) is 1.99. The van der Waals surface area contributed by atoms with Gasteiger partial charge < -0.3 is 10.1 Å². The fourth-order valence-corrected chi connectivity index (χ4v) is 4.16. The summed E-state index contributed by atoms with van der Waals surface area (Å²) in [6.45, 7) is 2.90. The first kappa shape index (κ1) is 14.0. The van der Waals surface area contributed by atoms with Crippen molar-refractivity contribution in [2.24, 2.45) is 0 Å². The van der Waals surface area contributed by atoms with E-state index in [0.717, 1.165) is 13.0 Å². The van der Waals surface area contributed by atoms with E-state index in [9.17, 15) is 0 Å². The normalized spacial score (nSPS) is 26.4. The summed E-state index contributed by atoms with van der Waals surface area (Å²) in [6, 6.07) is 18.1. The first-order chi connectivity index (χ1) is 10.8. The van der Waals surface area contributed by atoms with Gasteiger partial charge >= 0.3 is 0 Å². The Bertz CT molecular complexity index is 646. The predicted octanol–water partition coefficient (Wildman–Crippen LogP) is 3.79. The summed E-state index contributed by atoms with van der Waals surface area (Å²) in [5, 5.41) is 3.28. The molecule has 114 valence electrons. The van der Waals surface area contributed by atoms with Crippen LogP contribution in [0, 0.1) is 0 Å². The smallest absolute Gasteiger partial charge is 0.119 e. The van der Waals surface area contributed by atoms with Gasteiger partial charge in [-0.2, -0.15) is 0 Å². The third kappa shape index (κ3) is 1.87. The van der Waals surface area contributed by atoms with Gasteiger partial charge in [-0.3, -0.25) is 0 Å². The first-order valence-corrected chi connectivity index (χ1v) is 8.26. The number of hydrogen-bond donors (Lipinski definition) is 1. The average Bonchev–Trinajstić information content (AvgIpc) is 2.60. The number of hydrogen-bond acceptors (Lipinski definition) is 2. The third-order valence-electron chi connectivity index (χ3n) is 5.40. The molecule has 2 aromatic rings. The highest BCUT2D eigenvalue weighted by atomic mass is 16.5. The Balaban J connectivity index is 1.86. The maximum absolute atomic E-state index is 6.60. The molecule has 3 aliphatic carbocycles. The van der Waals surface area contributed by atoms with Crippen molar-refractivity contribution in [3.8, 4) is 0 Å². The number of rotatable bonds is 4. The Labute approximate surface area is 132 Å². The second-order valence-electron chi connectivity index (χ2n) is 6.59. The molecule has 0 aliphatic heterocycles. The van der Waals surface area contributed by atoms with Crippen molar-refractivity contribution in [3.63, 3.8) is 0 Å². The fraction of sp³-hybridized carbons (Fsp3) is 0.400. The van der Waals surface area contributed by atoms with Crippen LogP contribution in [0.15, 0.2) is 48.5 Å². The summed E-state index contributed by atoms with van der Waals surface area (Å²) >= 11 is 0. The molecule has 0 saturated heterocycles. The third-order valence-corrected chi connectivity index (χ3v) is 5.40. The van der Waals surface area contributed by atoms with E-state index in [1.165, 1.54) is 28.7 Å². The van der Waals surface area contributed by atoms with Crippen molar-refractivity contribution in [2.75, 3.05) is 13.7 Å². The molecule has 0 radical (unpaired) electrons. The second-order valence-corrected chi connectivity index (χ2v) is 6.59. The Morgan fingerprint density at radius 3 is 2.27 bits per heavy atom. The minimum Gasteiger partial charge on any atom is -0.364 e. The molecule has 1 atom stereocenters. The van der Waals surface area contributed by atoms with Gasteiger partial charge in [0.05, 0.1) is 6.61 Å². The molecule has 0 fully saturated rings. The van der Waals surface area contributed by atoms with Crippen LogP contribution in [0.2, 0.25) is 0 Å². The zero-order chi connectivity index (χ0) is 15.2. The Morgan fingerprint density at radius 2 is 1.68 bits per heavy atom. The van der Waals surface area contributed by atoms with Crippen molar-refractivity contribution in [1.82, 2.24) is 5.32 Å². The van der Waals surface area contributed by atoms with Gasteiger partial charge in [0.2, 0.25) is 0 Å². The SMILES string of the molecule is CNC(C)COC12CCC(c3ccccc31)c1ccccc12. The molecule has 3 aliphatic rings. The molecule has 1 N–H and O–H groups in total. The summed E-state index contributed by atoms with van der Waals surface area (Å²) in [6.07, 6.45) is 2.27. The zero-order valence-electron chi connectivity index (χ0n) is 13.3. The maximum atomic E-state index is 6.60. The molecule has 22 heavy (non-hydrogen) atoms. The van der Waals surface area contributed by atoms with E-state index in [2.05, 4.69) is 60.8 Å². The van der Waals surface area contributed by atoms with E-state index >= 15 is 0 Å². The van der Waals surface area contributed by atoms with Gasteiger partial charge in [0.1, 0.15) is 5.60 Å². The minimum atomic E-state index is -0.257. The highest BCUT2D eigenvalue weighted by Crippen LogP contribution is 2.56. The molecule has 0 aromatic heterocycles. The summed E-state index contributed by atoms with van der Waals surface area (Å²) in [4.78, 5) is 0. The summed E-state index contributed by atoms with van der Waals surface area (Å²) in [5.74, 6) is 0.541. The van der Waals surface area contributed by atoms with Gasteiger partial charge in [0.25, 0.3) is 0 Å². The van der Waals surface area contributed by atoms with E-state index in [-0.39, 0.29) is 5.60 Å². The molecule has 2 heteroatoms. The van der Waals surface area contributed by atoms with Crippen molar-refractivity contribution >= 4 is 0 Å². The van der Waals surface area contributed by atoms with Gasteiger partial charge in [-0.05, 0) is 49.1 Å². The quantitative estimate of drug-likeness (QED) is 0.926. The molecule has 0 amide bonds. The van der Waals surface area contributed by atoms with Crippen LogP contribution in [0.4, 0.5) is 0 Å². The first-order valence-electron chi connectivity index (χ1n) is 8.26. The monoisotopic (exact) mass is 293 g/mol. The van der Waals surface area contributed by atoms with E-state index in [1.807, 2.05) is 7.05 Å². The number of nitrogens with one attached hydrogen (secondary N) is 1. The van der Waals surface area contributed by atoms with E-state index in [0.29, 0.717) is 12.0 Å². The standard InChI is InChI=1S/C20H23NO/c1-14(21-2)13-22-20-12-11-15(16-7-3-5-9-18(16)20)17-8-4-6-10-19(17)20/h3-10,14-15,21H,11-13H2,1-2H3. The van der Waals surface area contributed by atoms with Crippen LogP contribution in [0.1, 0.15) is 47.9 Å². The number of fused-ring (bicyclic) bond motifs is 1. The number of likely N-dealkylation sites (N-methyl/N-ethyl adjacent to an activating group) is 1. The number of benzene rings is 2. The summed E-state index contributed by atoms with van der Waals surface area (Å²) in [5.41, 5.74) is 5.43. The molecule has 0 spiro atoms. The topological polar surface area (TPSA) is 21.3 Å². The van der Waals surface area contributed by atoms with Crippen LogP contribution in [-0.4, -0.2) is 19.7 Å². The summed E-state index contributed by atoms with van der Waals surface area (Å²) < 4.78 is 6.60. The molecule has 5 rings (SSSR count). The van der Waals surface area contributed by atoms with Crippen LogP contribution in [-0.2, 0) is 10.3 Å². The van der Waals surface area contributed by atoms with Crippen LogP contribution in [0.5, 0.6) is 0 Å². The molecule has 0 heterocycles. The van der Waals surface area contributed by atoms with Crippen molar-refractivity contribution in [3.05, 3.63) is 70.8 Å². The molecule has 2 aromatic carbocycles. The Kier molecular flexibility index (Phi) is 3.32. The maximum Gasteiger partial charge on any atom is 0.119 e. The van der Waals surface area contributed by atoms with Crippen LogP contribution < -0.4 is 5.32 Å². The zero-order valence-corrected chi connectivity index (χ0v) is 13.3. The predicted molar refractivity (Wildman–Crippen MR) is 89.2 cm³/mol. The van der Waals surface area contributed by atoms with E-state index < -0.39 is 0 Å². The Hall–Kier alpha value is -1.64. The van der Waals surface area contributed by atoms with Gasteiger partial charge in [0.15, 0.2) is 0 Å². The van der Waals surface area contributed by atoms with Crippen molar-refractivity contribution < 1.29 is 4.74 Å². The van der Waals surface area contributed by atoms with Crippen molar-refractivity contribution in [1.29, 1.82) is 0 Å². The van der Waals surface area contributed by atoms with Crippen molar-refractivity contribution in [2.45, 2.75) is 37.3 Å². The van der Waals surface area contributed by atoms with E-state index in [4.69, 9.17) is 4.74 Å². The molecular weight excluding hydrogens is 270 g/mol. The molecule has 2 nitrogen and oxygen atoms in total.